The third-order valence-electron chi connectivity index (χ3n) is 5.19. The number of fused-ring (bicyclic) bond motifs is 1. The van der Waals surface area contributed by atoms with Crippen LogP contribution in [0.1, 0.15) is 33.1 Å². The van der Waals surface area contributed by atoms with Crippen LogP contribution in [-0.2, 0) is 4.74 Å². The molecule has 0 spiro atoms. The third-order valence-corrected chi connectivity index (χ3v) is 5.19. The van der Waals surface area contributed by atoms with Crippen molar-refractivity contribution < 1.29 is 24.2 Å². The smallest absolute Gasteiger partial charge is 0.161 e. The number of rotatable bonds is 6. The minimum absolute atomic E-state index is 0.118. The maximum Gasteiger partial charge on any atom is 0.161 e. The first-order valence-corrected chi connectivity index (χ1v) is 9.13. The molecule has 134 valence electrons. The number of aliphatic hydroxyl groups excluding tert-OH is 1. The Hall–Kier alpha value is -1.30. The van der Waals surface area contributed by atoms with Gasteiger partial charge in [-0.3, -0.25) is 0 Å². The largest absolute Gasteiger partial charge is 0.486 e. The van der Waals surface area contributed by atoms with E-state index in [1.807, 2.05) is 24.3 Å². The van der Waals surface area contributed by atoms with Crippen molar-refractivity contribution in [3.63, 3.8) is 0 Å². The summed E-state index contributed by atoms with van der Waals surface area (Å²) in [6.07, 6.45) is 3.26. The minimum atomic E-state index is -0.431. The normalized spacial score (nSPS) is 28.5. The van der Waals surface area contributed by atoms with Crippen molar-refractivity contribution in [3.8, 4) is 11.5 Å². The summed E-state index contributed by atoms with van der Waals surface area (Å²) in [5, 5.41) is 10.3. The molecule has 5 nitrogen and oxygen atoms in total. The molecule has 0 amide bonds. The summed E-state index contributed by atoms with van der Waals surface area (Å²) in [6, 6.07) is 8.91. The van der Waals surface area contributed by atoms with Gasteiger partial charge in [-0.2, -0.15) is 0 Å². The lowest BCUT2D eigenvalue weighted by atomic mass is 9.97. The van der Waals surface area contributed by atoms with E-state index < -0.39 is 6.10 Å². The van der Waals surface area contributed by atoms with Gasteiger partial charge in [0.2, 0.25) is 0 Å². The van der Waals surface area contributed by atoms with Crippen molar-refractivity contribution >= 4 is 0 Å². The van der Waals surface area contributed by atoms with Gasteiger partial charge in [0.15, 0.2) is 17.6 Å². The highest BCUT2D eigenvalue weighted by Crippen LogP contribution is 2.30. The van der Waals surface area contributed by atoms with Crippen LogP contribution in [0.3, 0.4) is 0 Å². The fraction of sp³-hybridized carbons (Fsp3) is 0.684. The van der Waals surface area contributed by atoms with E-state index in [0.29, 0.717) is 31.9 Å². The first-order valence-electron chi connectivity index (χ1n) is 9.13. The molecule has 2 heterocycles. The average molecular weight is 336 g/mol. The molecule has 1 aromatic carbocycles. The average Bonchev–Trinajstić information content (AvgIpc) is 2.58. The van der Waals surface area contributed by atoms with E-state index in [9.17, 15) is 5.11 Å². The molecule has 2 aliphatic rings. The first kappa shape index (κ1) is 17.5. The Labute approximate surface area is 144 Å². The van der Waals surface area contributed by atoms with Crippen molar-refractivity contribution in [2.75, 3.05) is 26.4 Å². The molecule has 0 aromatic heterocycles. The van der Waals surface area contributed by atoms with Crippen LogP contribution in [0.5, 0.6) is 11.5 Å². The van der Waals surface area contributed by atoms with Crippen LogP contribution < -0.4 is 14.4 Å². The van der Waals surface area contributed by atoms with E-state index in [2.05, 4.69) is 13.8 Å². The Kier molecular flexibility index (Phi) is 5.98. The molecule has 3 rings (SSSR count). The SMILES string of the molecule is C[C@@H]1CCC[C@@H](C)[NH+]1C[C@H](O)COC[C@@H]1COc2ccccc2O1. The molecule has 0 aliphatic carbocycles. The molecule has 1 aromatic rings. The second-order valence-electron chi connectivity index (χ2n) is 7.20. The number of quaternary nitrogens is 1. The van der Waals surface area contributed by atoms with Crippen molar-refractivity contribution in [2.45, 2.75) is 57.4 Å². The van der Waals surface area contributed by atoms with Gasteiger partial charge in [0.25, 0.3) is 0 Å². The molecule has 4 atom stereocenters. The van der Waals surface area contributed by atoms with Gasteiger partial charge in [0.05, 0.1) is 25.3 Å². The number of para-hydroxylation sites is 2. The number of benzene rings is 1. The summed E-state index contributed by atoms with van der Waals surface area (Å²) in [7, 11) is 0. The summed E-state index contributed by atoms with van der Waals surface area (Å²) in [6.45, 7) is 6.59. The van der Waals surface area contributed by atoms with Crippen LogP contribution in [0.25, 0.3) is 0 Å². The Morgan fingerprint density at radius 3 is 2.67 bits per heavy atom. The Bertz CT molecular complexity index is 514. The summed E-state index contributed by atoms with van der Waals surface area (Å²) in [4.78, 5) is 1.50. The first-order chi connectivity index (χ1) is 11.6. The van der Waals surface area contributed by atoms with Crippen LogP contribution in [0.2, 0.25) is 0 Å². The Morgan fingerprint density at radius 1 is 1.21 bits per heavy atom. The number of ether oxygens (including phenoxy) is 3. The Balaban J connectivity index is 1.39. The number of aliphatic hydroxyl groups is 1. The highest BCUT2D eigenvalue weighted by atomic mass is 16.6. The molecule has 2 N–H and O–H groups in total. The minimum Gasteiger partial charge on any atom is -0.486 e. The highest BCUT2D eigenvalue weighted by Gasteiger charge is 2.30. The molecule has 0 radical (unpaired) electrons. The zero-order chi connectivity index (χ0) is 16.9. The van der Waals surface area contributed by atoms with E-state index in [0.717, 1.165) is 18.0 Å². The number of hydrogen-bond acceptors (Lipinski definition) is 4. The maximum atomic E-state index is 10.3. The van der Waals surface area contributed by atoms with Gasteiger partial charge in [0.1, 0.15) is 19.3 Å². The lowest BCUT2D eigenvalue weighted by Gasteiger charge is -2.36. The van der Waals surface area contributed by atoms with Crippen LogP contribution in [0, 0.1) is 0 Å². The second-order valence-corrected chi connectivity index (χ2v) is 7.20. The van der Waals surface area contributed by atoms with Crippen LogP contribution in [0.4, 0.5) is 0 Å². The summed E-state index contributed by atoms with van der Waals surface area (Å²) < 4.78 is 17.2. The fourth-order valence-corrected chi connectivity index (χ4v) is 3.80. The molecular formula is C19H30NO4+. The van der Waals surface area contributed by atoms with Gasteiger partial charge in [0, 0.05) is 0 Å². The van der Waals surface area contributed by atoms with Gasteiger partial charge in [-0.1, -0.05) is 12.1 Å². The summed E-state index contributed by atoms with van der Waals surface area (Å²) >= 11 is 0. The predicted molar refractivity (Wildman–Crippen MR) is 91.8 cm³/mol. The Morgan fingerprint density at radius 2 is 1.92 bits per heavy atom. The zero-order valence-electron chi connectivity index (χ0n) is 14.7. The van der Waals surface area contributed by atoms with E-state index >= 15 is 0 Å². The number of nitrogens with one attached hydrogen (secondary N) is 1. The standard InChI is InChI=1S/C19H29NO4/c1-14-6-5-7-15(2)20(14)10-16(21)11-22-12-17-13-23-18-8-3-4-9-19(18)24-17/h3-4,8-9,14-17,21H,5-7,10-13H2,1-2H3/p+1/t14-,15-,16+,17-/m1/s1. The second kappa shape index (κ2) is 8.19. The van der Waals surface area contributed by atoms with Gasteiger partial charge in [-0.15, -0.1) is 0 Å². The van der Waals surface area contributed by atoms with Crippen LogP contribution >= 0.6 is 0 Å². The van der Waals surface area contributed by atoms with Gasteiger partial charge < -0.3 is 24.2 Å². The molecular weight excluding hydrogens is 306 g/mol. The van der Waals surface area contributed by atoms with Crippen molar-refractivity contribution in [2.24, 2.45) is 0 Å². The predicted octanol–water partition coefficient (Wildman–Crippen LogP) is 1.05. The van der Waals surface area contributed by atoms with E-state index in [-0.39, 0.29) is 6.10 Å². The fourth-order valence-electron chi connectivity index (χ4n) is 3.80. The topological polar surface area (TPSA) is 52.4 Å². The number of piperidine rings is 1. The van der Waals surface area contributed by atoms with Gasteiger partial charge in [-0.25, -0.2) is 0 Å². The lowest BCUT2D eigenvalue weighted by molar-refractivity contribution is -0.954. The molecule has 0 unspecified atom stereocenters. The van der Waals surface area contributed by atoms with Crippen LogP contribution in [0.15, 0.2) is 24.3 Å². The molecule has 1 fully saturated rings. The van der Waals surface area contributed by atoms with Gasteiger partial charge in [-0.05, 0) is 45.2 Å². The third kappa shape index (κ3) is 4.41. The van der Waals surface area contributed by atoms with E-state index in [1.165, 1.54) is 24.2 Å². The summed E-state index contributed by atoms with van der Waals surface area (Å²) in [5.74, 6) is 1.55. The summed E-state index contributed by atoms with van der Waals surface area (Å²) in [5.41, 5.74) is 0. The lowest BCUT2D eigenvalue weighted by Crippen LogP contribution is -3.20. The molecule has 0 saturated carbocycles. The quantitative estimate of drug-likeness (QED) is 0.815. The highest BCUT2D eigenvalue weighted by molar-refractivity contribution is 5.40. The van der Waals surface area contributed by atoms with Gasteiger partial charge >= 0.3 is 0 Å². The zero-order valence-corrected chi connectivity index (χ0v) is 14.7. The molecule has 5 heteroatoms. The monoisotopic (exact) mass is 336 g/mol. The van der Waals surface area contributed by atoms with Crippen molar-refractivity contribution in [3.05, 3.63) is 24.3 Å². The van der Waals surface area contributed by atoms with E-state index in [1.54, 1.807) is 0 Å². The molecule has 2 aliphatic heterocycles. The van der Waals surface area contributed by atoms with Crippen molar-refractivity contribution in [1.29, 1.82) is 0 Å². The molecule has 1 saturated heterocycles. The van der Waals surface area contributed by atoms with E-state index in [4.69, 9.17) is 14.2 Å². The molecule has 24 heavy (non-hydrogen) atoms. The number of likely N-dealkylation sites (tertiary alicyclic amines) is 1. The van der Waals surface area contributed by atoms with Crippen LogP contribution in [-0.4, -0.2) is 55.8 Å². The molecule has 0 bridgehead atoms. The maximum absolute atomic E-state index is 10.3. The number of hydrogen-bond donors (Lipinski definition) is 2. The van der Waals surface area contributed by atoms with Crippen molar-refractivity contribution in [1.82, 2.24) is 0 Å².